The van der Waals surface area contributed by atoms with Crippen LogP contribution in [-0.2, 0) is 22.7 Å². The molecule has 1 saturated heterocycles. The number of benzene rings is 1. The van der Waals surface area contributed by atoms with Crippen molar-refractivity contribution in [2.24, 2.45) is 0 Å². The quantitative estimate of drug-likeness (QED) is 0.853. The molecule has 0 N–H and O–H groups in total. The largest absolute Gasteiger partial charge is 0.377 e. The van der Waals surface area contributed by atoms with E-state index in [1.807, 2.05) is 33.7 Å². The van der Waals surface area contributed by atoms with Crippen LogP contribution in [0.25, 0.3) is 11.0 Å². The molecule has 0 spiro atoms. The summed E-state index contributed by atoms with van der Waals surface area (Å²) in [6.45, 7) is 2.53. The van der Waals surface area contributed by atoms with Crippen molar-refractivity contribution in [3.63, 3.8) is 0 Å². The van der Waals surface area contributed by atoms with Crippen molar-refractivity contribution < 1.29 is 9.53 Å². The van der Waals surface area contributed by atoms with Gasteiger partial charge in [0.2, 0.25) is 5.91 Å². The number of hydrogen-bond acceptors (Lipinski definition) is 3. The van der Waals surface area contributed by atoms with E-state index in [1.165, 1.54) is 0 Å². The molecule has 0 atom stereocenters. The van der Waals surface area contributed by atoms with Crippen LogP contribution < -0.4 is 0 Å². The Morgan fingerprint density at radius 1 is 1.30 bits per heavy atom. The van der Waals surface area contributed by atoms with Crippen LogP contribution in [0, 0.1) is 0 Å². The molecule has 5 heteroatoms. The summed E-state index contributed by atoms with van der Waals surface area (Å²) in [5.41, 5.74) is 1.90. The number of likely N-dealkylation sites (tertiary alicyclic amines) is 1. The molecule has 0 unspecified atom stereocenters. The van der Waals surface area contributed by atoms with Crippen molar-refractivity contribution in [3.05, 3.63) is 30.1 Å². The van der Waals surface area contributed by atoms with Gasteiger partial charge in [0.25, 0.3) is 0 Å². The fourth-order valence-corrected chi connectivity index (χ4v) is 2.74. The molecule has 1 aromatic heterocycles. The van der Waals surface area contributed by atoms with Crippen LogP contribution in [0.5, 0.6) is 0 Å². The van der Waals surface area contributed by atoms with E-state index in [2.05, 4.69) is 4.98 Å². The summed E-state index contributed by atoms with van der Waals surface area (Å²) in [6, 6.07) is 7.89. The topological polar surface area (TPSA) is 47.4 Å². The van der Waals surface area contributed by atoms with Crippen LogP contribution in [0.4, 0.5) is 0 Å². The number of ether oxygens (including phenoxy) is 1. The molecule has 0 radical (unpaired) electrons. The van der Waals surface area contributed by atoms with Crippen LogP contribution in [0.1, 0.15) is 18.7 Å². The van der Waals surface area contributed by atoms with Gasteiger partial charge in [0.1, 0.15) is 19.0 Å². The van der Waals surface area contributed by atoms with Crippen molar-refractivity contribution in [1.29, 1.82) is 0 Å². The summed E-state index contributed by atoms with van der Waals surface area (Å²) < 4.78 is 7.17. The van der Waals surface area contributed by atoms with Crippen LogP contribution in [0.3, 0.4) is 0 Å². The summed E-state index contributed by atoms with van der Waals surface area (Å²) in [5.74, 6) is 0.976. The first-order chi connectivity index (χ1) is 9.79. The second-order valence-electron chi connectivity index (χ2n) is 5.12. The fraction of sp³-hybridized carbons (Fsp3) is 0.467. The van der Waals surface area contributed by atoms with E-state index in [1.54, 1.807) is 7.11 Å². The average molecular weight is 273 g/mol. The number of fused-ring (bicyclic) bond motifs is 1. The van der Waals surface area contributed by atoms with Gasteiger partial charge in [0, 0.05) is 20.2 Å². The molecule has 0 saturated carbocycles. The molecular formula is C15H19N3O2. The summed E-state index contributed by atoms with van der Waals surface area (Å²) >= 11 is 0. The number of carbonyl (C=O) groups is 1. The predicted octanol–water partition coefficient (Wildman–Crippen LogP) is 1.81. The fourth-order valence-electron chi connectivity index (χ4n) is 2.74. The Kier molecular flexibility index (Phi) is 3.69. The molecule has 0 aliphatic carbocycles. The van der Waals surface area contributed by atoms with Crippen molar-refractivity contribution in [3.8, 4) is 0 Å². The van der Waals surface area contributed by atoms with E-state index in [4.69, 9.17) is 4.74 Å². The number of amides is 1. The Hall–Kier alpha value is -1.88. The Balaban J connectivity index is 1.91. The first-order valence-electron chi connectivity index (χ1n) is 7.00. The second kappa shape index (κ2) is 5.63. The first-order valence-corrected chi connectivity index (χ1v) is 7.00. The van der Waals surface area contributed by atoms with Gasteiger partial charge in [-0.2, -0.15) is 0 Å². The number of para-hydroxylation sites is 2. The monoisotopic (exact) mass is 273 g/mol. The summed E-state index contributed by atoms with van der Waals surface area (Å²) in [7, 11) is 1.64. The Morgan fingerprint density at radius 3 is 2.80 bits per heavy atom. The zero-order valence-electron chi connectivity index (χ0n) is 11.7. The molecule has 1 aliphatic heterocycles. The van der Waals surface area contributed by atoms with Crippen molar-refractivity contribution in [2.45, 2.75) is 26.0 Å². The highest BCUT2D eigenvalue weighted by Gasteiger charge is 2.20. The van der Waals surface area contributed by atoms with Gasteiger partial charge < -0.3 is 14.2 Å². The molecule has 1 aliphatic rings. The van der Waals surface area contributed by atoms with E-state index in [0.717, 1.165) is 42.8 Å². The molecule has 1 fully saturated rings. The normalized spacial score (nSPS) is 15.2. The number of aromatic nitrogens is 2. The summed E-state index contributed by atoms with van der Waals surface area (Å²) in [6.07, 6.45) is 2.22. The molecule has 0 bridgehead atoms. The molecule has 106 valence electrons. The summed E-state index contributed by atoms with van der Waals surface area (Å²) in [4.78, 5) is 18.8. The predicted molar refractivity (Wildman–Crippen MR) is 76.3 cm³/mol. The molecule has 1 aromatic carbocycles. The maximum absolute atomic E-state index is 12.3. The van der Waals surface area contributed by atoms with Gasteiger partial charge in [-0.3, -0.25) is 4.79 Å². The van der Waals surface area contributed by atoms with Gasteiger partial charge >= 0.3 is 0 Å². The van der Waals surface area contributed by atoms with Gasteiger partial charge in [0.05, 0.1) is 11.0 Å². The highest BCUT2D eigenvalue weighted by molar-refractivity contribution is 5.81. The minimum absolute atomic E-state index is 0.169. The minimum Gasteiger partial charge on any atom is -0.377 e. The Morgan fingerprint density at radius 2 is 2.05 bits per heavy atom. The lowest BCUT2D eigenvalue weighted by Gasteiger charge is -2.17. The molecular weight excluding hydrogens is 254 g/mol. The molecule has 1 amide bonds. The Labute approximate surface area is 118 Å². The number of nitrogens with zero attached hydrogens (tertiary/aromatic N) is 3. The molecule has 3 rings (SSSR count). The van der Waals surface area contributed by atoms with E-state index >= 15 is 0 Å². The minimum atomic E-state index is 0.169. The zero-order chi connectivity index (χ0) is 13.9. The van der Waals surface area contributed by atoms with E-state index in [0.29, 0.717) is 13.2 Å². The van der Waals surface area contributed by atoms with Crippen LogP contribution in [0.15, 0.2) is 24.3 Å². The third-order valence-corrected chi connectivity index (χ3v) is 3.76. The van der Waals surface area contributed by atoms with Crippen LogP contribution >= 0.6 is 0 Å². The van der Waals surface area contributed by atoms with E-state index < -0.39 is 0 Å². The standard InChI is InChI=1S/C15H19N3O2/c1-20-11-14-16-12-6-2-3-7-13(12)18(14)10-15(19)17-8-4-5-9-17/h2-3,6-7H,4-5,8-11H2,1H3. The lowest BCUT2D eigenvalue weighted by molar-refractivity contribution is -0.130. The number of carbonyl (C=O) groups excluding carboxylic acids is 1. The second-order valence-corrected chi connectivity index (χ2v) is 5.12. The van der Waals surface area contributed by atoms with Crippen LogP contribution in [0.2, 0.25) is 0 Å². The first kappa shape index (κ1) is 13.1. The van der Waals surface area contributed by atoms with E-state index in [9.17, 15) is 4.79 Å². The third-order valence-electron chi connectivity index (χ3n) is 3.76. The van der Waals surface area contributed by atoms with Gasteiger partial charge in [0.15, 0.2) is 0 Å². The maximum Gasteiger partial charge on any atom is 0.242 e. The van der Waals surface area contributed by atoms with E-state index in [-0.39, 0.29) is 5.91 Å². The molecule has 2 heterocycles. The zero-order valence-corrected chi connectivity index (χ0v) is 11.7. The number of rotatable bonds is 4. The lowest BCUT2D eigenvalue weighted by atomic mass is 10.3. The number of hydrogen-bond donors (Lipinski definition) is 0. The van der Waals surface area contributed by atoms with Gasteiger partial charge in [-0.15, -0.1) is 0 Å². The average Bonchev–Trinajstić information content (AvgIpc) is 3.08. The summed E-state index contributed by atoms with van der Waals surface area (Å²) in [5, 5.41) is 0. The smallest absolute Gasteiger partial charge is 0.242 e. The molecule has 20 heavy (non-hydrogen) atoms. The highest BCUT2D eigenvalue weighted by Crippen LogP contribution is 2.18. The molecule has 2 aromatic rings. The SMILES string of the molecule is COCc1nc2ccccc2n1CC(=O)N1CCCC1. The van der Waals surface area contributed by atoms with Crippen molar-refractivity contribution in [2.75, 3.05) is 20.2 Å². The van der Waals surface area contributed by atoms with Gasteiger partial charge in [-0.05, 0) is 25.0 Å². The van der Waals surface area contributed by atoms with Crippen LogP contribution in [-0.4, -0.2) is 40.6 Å². The highest BCUT2D eigenvalue weighted by atomic mass is 16.5. The number of methoxy groups -OCH3 is 1. The third kappa shape index (κ3) is 2.41. The van der Waals surface area contributed by atoms with Crippen molar-refractivity contribution >= 4 is 16.9 Å². The van der Waals surface area contributed by atoms with Crippen molar-refractivity contribution in [1.82, 2.24) is 14.5 Å². The lowest BCUT2D eigenvalue weighted by Crippen LogP contribution is -2.31. The molecule has 5 nitrogen and oxygen atoms in total. The maximum atomic E-state index is 12.3. The Bertz CT molecular complexity index is 615. The van der Waals surface area contributed by atoms with Gasteiger partial charge in [-0.1, -0.05) is 12.1 Å². The number of imidazole rings is 1. The van der Waals surface area contributed by atoms with Gasteiger partial charge in [-0.25, -0.2) is 4.98 Å².